The highest BCUT2D eigenvalue weighted by molar-refractivity contribution is 6.15. The van der Waals surface area contributed by atoms with Gasteiger partial charge in [-0.1, -0.05) is 30.3 Å². The Labute approximate surface area is 191 Å². The zero-order chi connectivity index (χ0) is 23.5. The van der Waals surface area contributed by atoms with Crippen molar-refractivity contribution >= 4 is 39.8 Å². The van der Waals surface area contributed by atoms with Crippen LogP contribution < -0.4 is 5.32 Å². The molecule has 5 rings (SSSR count). The van der Waals surface area contributed by atoms with Gasteiger partial charge < -0.3 is 5.11 Å². The van der Waals surface area contributed by atoms with Gasteiger partial charge in [-0.15, -0.1) is 10.2 Å². The number of aromatic amines is 1. The first kappa shape index (κ1) is 20.5. The van der Waals surface area contributed by atoms with Gasteiger partial charge in [0.25, 0.3) is 11.6 Å². The molecular weight excluding hydrogens is 436 g/mol. The summed E-state index contributed by atoms with van der Waals surface area (Å²) in [4.78, 5) is 24.5. The van der Waals surface area contributed by atoms with Crippen LogP contribution in [0, 0.1) is 6.57 Å². The molecule has 0 saturated carbocycles. The highest BCUT2D eigenvalue weighted by atomic mass is 16.3. The average Bonchev–Trinajstić information content (AvgIpc) is 3.52. The number of rotatable bonds is 5. The molecule has 5 aromatic rings. The van der Waals surface area contributed by atoms with Crippen molar-refractivity contribution in [2.75, 3.05) is 5.32 Å². The number of amides is 1. The number of nitrogens with zero attached hydrogens (tertiary/aromatic N) is 8. The molecule has 0 spiro atoms. The third kappa shape index (κ3) is 3.69. The summed E-state index contributed by atoms with van der Waals surface area (Å²) < 4.78 is 1.37. The maximum absolute atomic E-state index is 13.0. The van der Waals surface area contributed by atoms with Crippen molar-refractivity contribution in [2.45, 2.75) is 0 Å². The van der Waals surface area contributed by atoms with E-state index in [4.69, 9.17) is 6.57 Å². The molecule has 0 bridgehead atoms. The van der Waals surface area contributed by atoms with Gasteiger partial charge in [-0.05, 0) is 29.0 Å². The van der Waals surface area contributed by atoms with E-state index in [-0.39, 0.29) is 34.5 Å². The lowest BCUT2D eigenvalue weighted by Gasteiger charge is -2.11. The molecule has 0 radical (unpaired) electrons. The zero-order valence-corrected chi connectivity index (χ0v) is 17.3. The summed E-state index contributed by atoms with van der Waals surface area (Å²) in [6.07, 6.45) is 4.19. The van der Waals surface area contributed by atoms with E-state index in [0.717, 1.165) is 0 Å². The molecule has 12 heteroatoms. The van der Waals surface area contributed by atoms with E-state index in [0.29, 0.717) is 16.6 Å². The van der Waals surface area contributed by atoms with E-state index < -0.39 is 5.91 Å². The Bertz CT molecular complexity index is 1570. The Morgan fingerprint density at radius 2 is 2.00 bits per heavy atom. The van der Waals surface area contributed by atoms with Crippen molar-refractivity contribution in [3.63, 3.8) is 0 Å². The molecule has 0 unspecified atom stereocenters. The normalized spacial score (nSPS) is 11.0. The number of anilines is 1. The van der Waals surface area contributed by atoms with Crippen LogP contribution in [0.2, 0.25) is 0 Å². The predicted octanol–water partition coefficient (Wildman–Crippen LogP) is 4.46. The topological polar surface area (TPSA) is 151 Å². The van der Waals surface area contributed by atoms with Crippen LogP contribution in [-0.2, 0) is 0 Å². The molecule has 34 heavy (non-hydrogen) atoms. The summed E-state index contributed by atoms with van der Waals surface area (Å²) in [5.74, 6) is -0.285. The predicted molar refractivity (Wildman–Crippen MR) is 122 cm³/mol. The minimum atomic E-state index is -0.608. The fraction of sp³-hybridized carbons (Fsp3) is 0. The molecule has 0 aliphatic carbocycles. The molecule has 3 aromatic heterocycles. The Hall–Kier alpha value is -5.44. The van der Waals surface area contributed by atoms with Crippen molar-refractivity contribution in [2.24, 2.45) is 10.2 Å². The van der Waals surface area contributed by atoms with Crippen LogP contribution in [0.4, 0.5) is 23.1 Å². The average molecular weight is 450 g/mol. The molecule has 164 valence electrons. The summed E-state index contributed by atoms with van der Waals surface area (Å²) >= 11 is 0. The van der Waals surface area contributed by atoms with Crippen LogP contribution in [0.25, 0.3) is 21.4 Å². The molecular formula is C22H14N10O2. The van der Waals surface area contributed by atoms with E-state index in [1.54, 1.807) is 54.7 Å². The van der Waals surface area contributed by atoms with E-state index >= 15 is 0 Å². The van der Waals surface area contributed by atoms with Gasteiger partial charge in [-0.25, -0.2) is 19.6 Å². The Morgan fingerprint density at radius 3 is 2.76 bits per heavy atom. The van der Waals surface area contributed by atoms with E-state index in [1.807, 2.05) is 0 Å². The second-order valence-electron chi connectivity index (χ2n) is 6.89. The highest BCUT2D eigenvalue weighted by Crippen LogP contribution is 2.39. The number of phenols is 1. The summed E-state index contributed by atoms with van der Waals surface area (Å²) in [6.45, 7) is 7.41. The minimum absolute atomic E-state index is 0.00733. The Kier molecular flexibility index (Phi) is 5.17. The standard InChI is InChI=1S/C22H14N10O2/c1-23-16-11-27-32(17-8-4-5-9-24-17)20(16)30-29-15-10-13-6-2-3-7-14(13)18(19(15)33)21(34)28-22-25-12-26-31-22/h2-12,33H,(H2,25,26,28,31,34)/b30-29+. The van der Waals surface area contributed by atoms with Crippen molar-refractivity contribution in [1.82, 2.24) is 29.9 Å². The fourth-order valence-corrected chi connectivity index (χ4v) is 3.32. The van der Waals surface area contributed by atoms with Crippen LogP contribution >= 0.6 is 0 Å². The SMILES string of the molecule is [C-]#[N+]c1cnn(-c2ccccn2)c1/N=N/c1cc2ccccc2c(C(=O)Nc2ncn[nH]2)c1O. The third-order valence-corrected chi connectivity index (χ3v) is 4.84. The second kappa shape index (κ2) is 8.60. The number of pyridine rings is 1. The lowest BCUT2D eigenvalue weighted by atomic mass is 10.0. The van der Waals surface area contributed by atoms with Crippen molar-refractivity contribution in [3.8, 4) is 11.6 Å². The van der Waals surface area contributed by atoms with Gasteiger partial charge >= 0.3 is 0 Å². The first-order valence-corrected chi connectivity index (χ1v) is 9.86. The Morgan fingerprint density at radius 1 is 1.15 bits per heavy atom. The number of fused-ring (bicyclic) bond motifs is 1. The van der Waals surface area contributed by atoms with Gasteiger partial charge in [-0.3, -0.25) is 10.1 Å². The quantitative estimate of drug-likeness (QED) is 0.266. The van der Waals surface area contributed by atoms with Crippen LogP contribution in [0.1, 0.15) is 10.4 Å². The number of hydrogen-bond donors (Lipinski definition) is 3. The van der Waals surface area contributed by atoms with Crippen LogP contribution in [0.15, 0.2) is 77.5 Å². The number of aromatic hydroxyl groups is 1. The largest absolute Gasteiger partial charge is 0.505 e. The lowest BCUT2D eigenvalue weighted by molar-refractivity contribution is 0.102. The molecule has 12 nitrogen and oxygen atoms in total. The summed E-state index contributed by atoms with van der Waals surface area (Å²) in [7, 11) is 0. The molecule has 0 fully saturated rings. The van der Waals surface area contributed by atoms with Gasteiger partial charge in [0, 0.05) is 6.20 Å². The van der Waals surface area contributed by atoms with E-state index in [2.05, 4.69) is 45.7 Å². The van der Waals surface area contributed by atoms with Crippen molar-refractivity contribution in [3.05, 3.63) is 84.2 Å². The number of carbonyl (C=O) groups is 1. The van der Waals surface area contributed by atoms with Gasteiger partial charge in [0.1, 0.15) is 12.0 Å². The molecule has 0 aliphatic heterocycles. The summed E-state index contributed by atoms with van der Waals surface area (Å²) in [5.41, 5.74) is 0.177. The molecule has 3 heterocycles. The minimum Gasteiger partial charge on any atom is -0.505 e. The first-order valence-electron chi connectivity index (χ1n) is 9.86. The molecule has 0 aliphatic rings. The van der Waals surface area contributed by atoms with Gasteiger partial charge in [0.2, 0.25) is 5.95 Å². The fourth-order valence-electron chi connectivity index (χ4n) is 3.32. The summed E-state index contributed by atoms with van der Waals surface area (Å²) in [6, 6.07) is 13.9. The van der Waals surface area contributed by atoms with Crippen LogP contribution in [0.5, 0.6) is 5.75 Å². The summed E-state index contributed by atoms with van der Waals surface area (Å²) in [5, 5.41) is 33.4. The Balaban J connectivity index is 1.61. The van der Waals surface area contributed by atoms with Crippen LogP contribution in [-0.4, -0.2) is 41.0 Å². The highest BCUT2D eigenvalue weighted by Gasteiger charge is 2.21. The number of hydrogen-bond acceptors (Lipinski definition) is 8. The molecule has 0 atom stereocenters. The number of azo groups is 1. The number of benzene rings is 2. The molecule has 2 aromatic carbocycles. The first-order chi connectivity index (χ1) is 16.7. The van der Waals surface area contributed by atoms with Gasteiger partial charge in [-0.2, -0.15) is 15.2 Å². The number of phenolic OH excluding ortho intramolecular Hbond substituents is 1. The number of H-pyrrole nitrogens is 1. The number of nitrogens with one attached hydrogen (secondary N) is 2. The van der Waals surface area contributed by atoms with Gasteiger partial charge in [0.15, 0.2) is 17.4 Å². The lowest BCUT2D eigenvalue weighted by Crippen LogP contribution is -2.14. The molecule has 3 N–H and O–H groups in total. The maximum atomic E-state index is 13.0. The van der Waals surface area contributed by atoms with Crippen molar-refractivity contribution in [1.29, 1.82) is 0 Å². The monoisotopic (exact) mass is 450 g/mol. The maximum Gasteiger partial charge on any atom is 0.262 e. The van der Waals surface area contributed by atoms with E-state index in [9.17, 15) is 9.90 Å². The molecule has 0 saturated heterocycles. The van der Waals surface area contributed by atoms with Crippen molar-refractivity contribution < 1.29 is 9.90 Å². The third-order valence-electron chi connectivity index (χ3n) is 4.84. The number of aromatic nitrogens is 6. The zero-order valence-electron chi connectivity index (χ0n) is 17.3. The van der Waals surface area contributed by atoms with E-state index in [1.165, 1.54) is 17.2 Å². The number of carbonyl (C=O) groups excluding carboxylic acids is 1. The van der Waals surface area contributed by atoms with Gasteiger partial charge in [0.05, 0.1) is 18.3 Å². The smallest absolute Gasteiger partial charge is 0.262 e. The molecule has 1 amide bonds. The second-order valence-corrected chi connectivity index (χ2v) is 6.89. The van der Waals surface area contributed by atoms with Crippen LogP contribution in [0.3, 0.4) is 0 Å².